The van der Waals surface area contributed by atoms with Gasteiger partial charge >= 0.3 is 6.03 Å². The van der Waals surface area contributed by atoms with E-state index in [4.69, 9.17) is 0 Å². The van der Waals surface area contributed by atoms with Crippen LogP contribution < -0.4 is 10.6 Å². The first-order valence-corrected chi connectivity index (χ1v) is 10.6. The number of hydrogen-bond acceptors (Lipinski definition) is 3. The summed E-state index contributed by atoms with van der Waals surface area (Å²) in [5.74, 6) is -0.0538. The smallest absolute Gasteiger partial charge is 0.324 e. The van der Waals surface area contributed by atoms with E-state index in [0.717, 1.165) is 35.3 Å². The molecule has 1 saturated heterocycles. The first kappa shape index (κ1) is 20.1. The van der Waals surface area contributed by atoms with E-state index in [-0.39, 0.29) is 18.4 Å². The molecule has 156 valence electrons. The molecular formula is C24H27N3O3. The Kier molecular flexibility index (Phi) is 5.57. The number of carbonyl (C=O) groups is 3. The van der Waals surface area contributed by atoms with Gasteiger partial charge in [0.25, 0.3) is 5.91 Å². The summed E-state index contributed by atoms with van der Waals surface area (Å²) < 4.78 is 0. The van der Waals surface area contributed by atoms with Gasteiger partial charge in [-0.1, -0.05) is 61.9 Å². The van der Waals surface area contributed by atoms with Crippen molar-refractivity contribution < 1.29 is 14.4 Å². The van der Waals surface area contributed by atoms with Crippen molar-refractivity contribution in [2.75, 3.05) is 11.9 Å². The van der Waals surface area contributed by atoms with Crippen LogP contribution in [0.5, 0.6) is 0 Å². The number of hydrogen-bond donors (Lipinski definition) is 2. The molecule has 6 nitrogen and oxygen atoms in total. The highest BCUT2D eigenvalue weighted by molar-refractivity contribution is 6.10. The van der Waals surface area contributed by atoms with Crippen molar-refractivity contribution in [3.8, 4) is 11.1 Å². The summed E-state index contributed by atoms with van der Waals surface area (Å²) in [5.41, 5.74) is 1.69. The molecule has 6 heteroatoms. The Morgan fingerprint density at radius 1 is 1.07 bits per heavy atom. The summed E-state index contributed by atoms with van der Waals surface area (Å²) in [6.45, 7) is 1.87. The molecule has 2 aromatic carbocycles. The van der Waals surface area contributed by atoms with Gasteiger partial charge < -0.3 is 10.6 Å². The predicted molar refractivity (Wildman–Crippen MR) is 116 cm³/mol. The van der Waals surface area contributed by atoms with Crippen LogP contribution in [0, 0.1) is 5.92 Å². The molecule has 0 bridgehead atoms. The highest BCUT2D eigenvalue weighted by atomic mass is 16.2. The molecule has 1 spiro atoms. The lowest BCUT2D eigenvalue weighted by Crippen LogP contribution is -2.49. The molecule has 1 heterocycles. The van der Waals surface area contributed by atoms with Gasteiger partial charge in [-0.3, -0.25) is 14.5 Å². The van der Waals surface area contributed by atoms with Crippen LogP contribution in [0.4, 0.5) is 10.5 Å². The highest BCUT2D eigenvalue weighted by Gasteiger charge is 2.52. The van der Waals surface area contributed by atoms with Crippen LogP contribution >= 0.6 is 0 Å². The third-order valence-corrected chi connectivity index (χ3v) is 6.37. The van der Waals surface area contributed by atoms with Gasteiger partial charge in [-0.2, -0.15) is 0 Å². The largest absolute Gasteiger partial charge is 0.325 e. The van der Waals surface area contributed by atoms with Crippen molar-refractivity contribution >= 4 is 23.5 Å². The number of imide groups is 1. The van der Waals surface area contributed by atoms with Crippen LogP contribution in [0.2, 0.25) is 0 Å². The second kappa shape index (κ2) is 8.30. The average molecular weight is 405 g/mol. The van der Waals surface area contributed by atoms with Crippen LogP contribution in [0.1, 0.15) is 39.0 Å². The van der Waals surface area contributed by atoms with Crippen LogP contribution in [0.25, 0.3) is 11.1 Å². The number of benzene rings is 2. The molecule has 4 amide bonds. The third-order valence-electron chi connectivity index (χ3n) is 6.37. The minimum atomic E-state index is -0.828. The fourth-order valence-corrected chi connectivity index (χ4v) is 4.53. The lowest BCUT2D eigenvalue weighted by Gasteiger charge is -2.34. The summed E-state index contributed by atoms with van der Waals surface area (Å²) in [5, 5.41) is 5.75. The highest BCUT2D eigenvalue weighted by Crippen LogP contribution is 2.37. The van der Waals surface area contributed by atoms with Gasteiger partial charge in [-0.05, 0) is 43.2 Å². The maximum atomic E-state index is 13.0. The summed E-state index contributed by atoms with van der Waals surface area (Å²) >= 11 is 0. The predicted octanol–water partition coefficient (Wildman–Crippen LogP) is 4.18. The number of nitrogens with one attached hydrogen (secondary N) is 2. The Bertz CT molecular complexity index is 949. The normalized spacial score (nSPS) is 23.5. The van der Waals surface area contributed by atoms with E-state index in [9.17, 15) is 14.4 Å². The van der Waals surface area contributed by atoms with E-state index >= 15 is 0 Å². The zero-order valence-electron chi connectivity index (χ0n) is 17.2. The summed E-state index contributed by atoms with van der Waals surface area (Å²) in [7, 11) is 0. The van der Waals surface area contributed by atoms with Crippen LogP contribution in [0.3, 0.4) is 0 Å². The molecule has 2 aromatic rings. The minimum Gasteiger partial charge on any atom is -0.324 e. The number of amides is 4. The van der Waals surface area contributed by atoms with Crippen molar-refractivity contribution in [1.29, 1.82) is 0 Å². The Morgan fingerprint density at radius 2 is 1.73 bits per heavy atom. The fraction of sp³-hybridized carbons (Fsp3) is 0.375. The first-order chi connectivity index (χ1) is 14.5. The lowest BCUT2D eigenvalue weighted by atomic mass is 9.75. The molecule has 1 aliphatic heterocycles. The molecule has 2 N–H and O–H groups in total. The lowest BCUT2D eigenvalue weighted by molar-refractivity contribution is -0.135. The standard InChI is InChI=1S/C24H27N3O3/c1-2-17-12-14-24(15-13-17)22(29)27(23(30)26-24)16-21(28)25-20-11-7-6-10-19(20)18-8-4-3-5-9-18/h3-11,17H,2,12-16H2,1H3,(H,25,28)(H,26,30). The molecule has 0 atom stereocenters. The van der Waals surface area contributed by atoms with E-state index in [1.54, 1.807) is 0 Å². The topological polar surface area (TPSA) is 78.5 Å². The molecule has 0 aromatic heterocycles. The van der Waals surface area contributed by atoms with Crippen molar-refractivity contribution in [3.05, 3.63) is 54.6 Å². The number of rotatable bonds is 5. The summed E-state index contributed by atoms with van der Waals surface area (Å²) in [4.78, 5) is 39.3. The molecule has 1 aliphatic carbocycles. The van der Waals surface area contributed by atoms with Crippen LogP contribution in [-0.2, 0) is 9.59 Å². The Balaban J connectivity index is 1.45. The molecule has 30 heavy (non-hydrogen) atoms. The van der Waals surface area contributed by atoms with Crippen molar-refractivity contribution in [3.63, 3.8) is 0 Å². The van der Waals surface area contributed by atoms with E-state index in [1.165, 1.54) is 0 Å². The van der Waals surface area contributed by atoms with Gasteiger partial charge in [-0.25, -0.2) is 4.79 Å². The van der Waals surface area contributed by atoms with Gasteiger partial charge in [0.05, 0.1) is 0 Å². The molecule has 2 aliphatic rings. The van der Waals surface area contributed by atoms with Crippen molar-refractivity contribution in [1.82, 2.24) is 10.2 Å². The minimum absolute atomic E-state index is 0.270. The third kappa shape index (κ3) is 3.82. The van der Waals surface area contributed by atoms with Gasteiger partial charge in [-0.15, -0.1) is 0 Å². The van der Waals surface area contributed by atoms with Crippen LogP contribution in [-0.4, -0.2) is 34.8 Å². The molecule has 1 saturated carbocycles. The number of anilines is 1. The Morgan fingerprint density at radius 3 is 2.43 bits per heavy atom. The number of para-hydroxylation sites is 1. The van der Waals surface area contributed by atoms with Gasteiger partial charge in [0.1, 0.15) is 12.1 Å². The molecule has 4 rings (SSSR count). The SMILES string of the molecule is CCC1CCC2(CC1)NC(=O)N(CC(=O)Nc1ccccc1-c1ccccc1)C2=O. The van der Waals surface area contributed by atoms with E-state index in [1.807, 2.05) is 54.6 Å². The van der Waals surface area contributed by atoms with Gasteiger partial charge in [0.2, 0.25) is 5.91 Å². The summed E-state index contributed by atoms with van der Waals surface area (Å²) in [6, 6.07) is 16.8. The maximum Gasteiger partial charge on any atom is 0.325 e. The molecule has 0 radical (unpaired) electrons. The average Bonchev–Trinajstić information content (AvgIpc) is 2.99. The second-order valence-electron chi connectivity index (χ2n) is 8.21. The van der Waals surface area contributed by atoms with Gasteiger partial charge in [0.15, 0.2) is 0 Å². The number of urea groups is 1. The van der Waals surface area contributed by atoms with E-state index < -0.39 is 11.6 Å². The molecule has 0 unspecified atom stereocenters. The zero-order valence-corrected chi connectivity index (χ0v) is 17.2. The Labute approximate surface area is 176 Å². The zero-order chi connectivity index (χ0) is 21.1. The Hall–Kier alpha value is -3.15. The fourth-order valence-electron chi connectivity index (χ4n) is 4.53. The van der Waals surface area contributed by atoms with E-state index in [2.05, 4.69) is 17.6 Å². The summed E-state index contributed by atoms with van der Waals surface area (Å²) in [6.07, 6.45) is 4.22. The molecule has 2 fully saturated rings. The van der Waals surface area contributed by atoms with Crippen molar-refractivity contribution in [2.45, 2.75) is 44.6 Å². The second-order valence-corrected chi connectivity index (χ2v) is 8.21. The van der Waals surface area contributed by atoms with Gasteiger partial charge in [0, 0.05) is 11.3 Å². The first-order valence-electron chi connectivity index (χ1n) is 10.6. The quantitative estimate of drug-likeness (QED) is 0.733. The maximum absolute atomic E-state index is 13.0. The number of carbonyl (C=O) groups excluding carboxylic acids is 3. The van der Waals surface area contributed by atoms with Crippen molar-refractivity contribution in [2.24, 2.45) is 5.92 Å². The number of nitrogens with zero attached hydrogens (tertiary/aromatic N) is 1. The van der Waals surface area contributed by atoms with Crippen LogP contribution in [0.15, 0.2) is 54.6 Å². The monoisotopic (exact) mass is 405 g/mol. The molecular weight excluding hydrogens is 378 g/mol. The van der Waals surface area contributed by atoms with E-state index in [0.29, 0.717) is 24.4 Å².